The number of amides is 1. The summed E-state index contributed by atoms with van der Waals surface area (Å²) >= 11 is 5.59. The molecule has 3 rings (SSSR count). The largest absolute Gasteiger partial charge is 0.480 e. The summed E-state index contributed by atoms with van der Waals surface area (Å²) in [6.07, 6.45) is 0. The minimum Gasteiger partial charge on any atom is -0.480 e. The highest BCUT2D eigenvalue weighted by atomic mass is 32.2. The summed E-state index contributed by atoms with van der Waals surface area (Å²) < 4.78 is 3.77. The number of fused-ring (bicyclic) bond motifs is 1. The van der Waals surface area contributed by atoms with Gasteiger partial charge in [-0.1, -0.05) is 30.3 Å². The zero-order valence-electron chi connectivity index (χ0n) is 14.6. The first-order valence-corrected chi connectivity index (χ1v) is 9.48. The predicted molar refractivity (Wildman–Crippen MR) is 103 cm³/mol. The second-order valence-electron chi connectivity index (χ2n) is 6.51. The number of carbonyl (C=O) groups excluding carboxylic acids is 3. The van der Waals surface area contributed by atoms with Crippen LogP contribution < -0.4 is 0 Å². The van der Waals surface area contributed by atoms with E-state index in [0.717, 1.165) is 0 Å². The number of hydrogen-bond acceptors (Lipinski definition) is 7. The van der Waals surface area contributed by atoms with E-state index in [4.69, 9.17) is 4.74 Å². The molecule has 27 heavy (non-hydrogen) atoms. The van der Waals surface area contributed by atoms with Crippen LogP contribution in [0.25, 0.3) is 0 Å². The summed E-state index contributed by atoms with van der Waals surface area (Å²) in [6.45, 7) is 1.63. The molecular formula is C17H17BNO6S2. The number of carboxylic acid groups (broad SMARTS) is 1. The van der Waals surface area contributed by atoms with E-state index in [1.165, 1.54) is 31.1 Å². The fourth-order valence-corrected chi connectivity index (χ4v) is 5.51. The number of rotatable bonds is 6. The van der Waals surface area contributed by atoms with Gasteiger partial charge in [-0.2, -0.15) is 12.6 Å². The Bertz CT molecular complexity index is 802. The number of hydrogen-bond donors (Lipinski definition) is 2. The van der Waals surface area contributed by atoms with Crippen LogP contribution in [0.2, 0.25) is 5.82 Å². The van der Waals surface area contributed by atoms with Crippen LogP contribution >= 0.6 is 24.4 Å². The first-order chi connectivity index (χ1) is 12.7. The zero-order valence-corrected chi connectivity index (χ0v) is 16.3. The Balaban J connectivity index is 1.79. The summed E-state index contributed by atoms with van der Waals surface area (Å²) in [5, 5.41) is 8.90. The summed E-state index contributed by atoms with van der Waals surface area (Å²) in [4.78, 5) is 50.2. The maximum absolute atomic E-state index is 12.8. The number of methoxy groups -OCH3 is 1. The molecular weight excluding hydrogens is 389 g/mol. The number of β-lactam (4-membered cyclic amide) rings is 1. The molecule has 0 aliphatic carbocycles. The lowest BCUT2D eigenvalue weighted by atomic mass is 9.53. The van der Waals surface area contributed by atoms with Gasteiger partial charge < -0.3 is 19.5 Å². The van der Waals surface area contributed by atoms with E-state index in [0.29, 0.717) is 5.56 Å². The average Bonchev–Trinajstić information content (AvgIpc) is 2.88. The molecule has 0 aromatic heterocycles. The van der Waals surface area contributed by atoms with Crippen LogP contribution in [0.5, 0.6) is 0 Å². The van der Waals surface area contributed by atoms with Crippen molar-refractivity contribution >= 4 is 55.2 Å². The van der Waals surface area contributed by atoms with Crippen LogP contribution in [0.1, 0.15) is 18.4 Å². The van der Waals surface area contributed by atoms with Crippen LogP contribution in [0.4, 0.5) is 0 Å². The van der Waals surface area contributed by atoms with Crippen LogP contribution in [0, 0.1) is 0 Å². The van der Waals surface area contributed by atoms with Crippen molar-refractivity contribution in [1.29, 1.82) is 0 Å². The van der Waals surface area contributed by atoms with E-state index in [-0.39, 0.29) is 0 Å². The van der Waals surface area contributed by atoms with Crippen molar-refractivity contribution in [2.24, 2.45) is 0 Å². The highest BCUT2D eigenvalue weighted by Crippen LogP contribution is 2.57. The number of ether oxygens (including phenoxy) is 1. The van der Waals surface area contributed by atoms with E-state index < -0.39 is 50.8 Å². The fraction of sp³-hybridized carbons (Fsp3) is 0.412. The molecule has 0 bridgehead atoms. The van der Waals surface area contributed by atoms with Gasteiger partial charge in [0.2, 0.25) is 13.2 Å². The second kappa shape index (κ2) is 7.24. The lowest BCUT2D eigenvalue weighted by Gasteiger charge is -2.43. The number of thioether (sulfide) groups is 1. The van der Waals surface area contributed by atoms with Gasteiger partial charge in [0.25, 0.3) is 0 Å². The molecule has 1 aromatic carbocycles. The van der Waals surface area contributed by atoms with Gasteiger partial charge in [0.15, 0.2) is 6.04 Å². The standard InChI is InChI=1S/C17H17BNO6S2/c1-17(26)11(15(22)23)19-13(21)10(14(19)27-17)18-12(20)9(16(24)25-2)8-6-4-3-5-7-8/h3-7,9-11,14,26H,1-2H3,(H,22,23)/t9?,10?,11-,14?,17?/m0/s1. The first-order valence-electron chi connectivity index (χ1n) is 8.15. The summed E-state index contributed by atoms with van der Waals surface area (Å²) in [5.41, 5.74) is -0.0814. The number of thiol groups is 1. The fourth-order valence-electron chi connectivity index (χ4n) is 3.44. The van der Waals surface area contributed by atoms with Crippen molar-refractivity contribution in [2.45, 2.75) is 34.2 Å². The maximum Gasteiger partial charge on any atom is 0.328 e. The molecule has 1 radical (unpaired) electrons. The van der Waals surface area contributed by atoms with Crippen molar-refractivity contribution in [3.8, 4) is 0 Å². The first kappa shape index (κ1) is 19.8. The van der Waals surface area contributed by atoms with Crippen molar-refractivity contribution in [2.75, 3.05) is 7.11 Å². The number of nitrogens with zero attached hydrogens (tertiary/aromatic N) is 1. The molecule has 1 amide bonds. The van der Waals surface area contributed by atoms with Gasteiger partial charge in [-0.25, -0.2) is 4.79 Å². The van der Waals surface area contributed by atoms with Gasteiger partial charge in [-0.05, 0) is 12.5 Å². The maximum atomic E-state index is 12.8. The van der Waals surface area contributed by atoms with Crippen molar-refractivity contribution in [3.63, 3.8) is 0 Å². The molecule has 0 spiro atoms. The predicted octanol–water partition coefficient (Wildman–Crippen LogP) is 0.977. The third kappa shape index (κ3) is 3.36. The Labute approximate surface area is 166 Å². The van der Waals surface area contributed by atoms with Crippen LogP contribution in [0.3, 0.4) is 0 Å². The smallest absolute Gasteiger partial charge is 0.328 e. The van der Waals surface area contributed by atoms with E-state index in [9.17, 15) is 24.3 Å². The molecule has 2 fully saturated rings. The highest BCUT2D eigenvalue weighted by Gasteiger charge is 2.64. The molecule has 10 heteroatoms. The molecule has 2 saturated heterocycles. The van der Waals surface area contributed by atoms with Gasteiger partial charge in [0.1, 0.15) is 11.6 Å². The lowest BCUT2D eigenvalue weighted by Crippen LogP contribution is -2.62. The molecule has 7 nitrogen and oxygen atoms in total. The Morgan fingerprint density at radius 3 is 2.52 bits per heavy atom. The number of esters is 1. The lowest BCUT2D eigenvalue weighted by molar-refractivity contribution is -0.156. The summed E-state index contributed by atoms with van der Waals surface area (Å²) in [6, 6.07) is 7.36. The van der Waals surface area contributed by atoms with Gasteiger partial charge >= 0.3 is 11.9 Å². The third-order valence-corrected chi connectivity index (χ3v) is 6.72. The Morgan fingerprint density at radius 1 is 1.33 bits per heavy atom. The molecule has 4 unspecified atom stereocenters. The number of benzene rings is 1. The molecule has 2 aliphatic rings. The Hall–Kier alpha value is -1.94. The molecule has 141 valence electrons. The van der Waals surface area contributed by atoms with E-state index >= 15 is 0 Å². The Kier molecular flexibility index (Phi) is 5.31. The number of carboxylic acids is 1. The number of aliphatic carboxylic acids is 1. The monoisotopic (exact) mass is 406 g/mol. The molecule has 2 aliphatic heterocycles. The van der Waals surface area contributed by atoms with Gasteiger partial charge in [0.05, 0.1) is 16.6 Å². The third-order valence-electron chi connectivity index (χ3n) is 4.70. The molecule has 0 saturated carbocycles. The van der Waals surface area contributed by atoms with Crippen molar-refractivity contribution in [3.05, 3.63) is 35.9 Å². The van der Waals surface area contributed by atoms with Crippen molar-refractivity contribution < 1.29 is 29.0 Å². The van der Waals surface area contributed by atoms with E-state index in [2.05, 4.69) is 12.6 Å². The van der Waals surface area contributed by atoms with E-state index in [1.807, 2.05) is 0 Å². The van der Waals surface area contributed by atoms with Crippen LogP contribution in [-0.2, 0) is 23.9 Å². The Morgan fingerprint density at radius 2 is 1.96 bits per heavy atom. The van der Waals surface area contributed by atoms with Crippen LogP contribution in [-0.4, -0.2) is 63.4 Å². The molecule has 2 heterocycles. The quantitative estimate of drug-likeness (QED) is 0.239. The van der Waals surface area contributed by atoms with Gasteiger partial charge in [0, 0.05) is 5.82 Å². The van der Waals surface area contributed by atoms with Gasteiger partial charge in [-0.3, -0.25) is 9.59 Å². The molecule has 1 aromatic rings. The van der Waals surface area contributed by atoms with E-state index in [1.54, 1.807) is 37.3 Å². The highest BCUT2D eigenvalue weighted by molar-refractivity contribution is 8.12. The van der Waals surface area contributed by atoms with Crippen LogP contribution in [0.15, 0.2) is 30.3 Å². The average molecular weight is 406 g/mol. The minimum absolute atomic E-state index is 0.456. The summed E-state index contributed by atoms with van der Waals surface area (Å²) in [7, 11) is 2.40. The normalized spacial score (nSPS) is 30.1. The molecule has 1 N–H and O–H groups in total. The van der Waals surface area contributed by atoms with Crippen molar-refractivity contribution in [1.82, 2.24) is 4.90 Å². The SMILES string of the molecule is COC(=O)C(C(=O)[B]C1C(=O)N2C1SC(C)(S)[C@@H]2C(=O)O)c1ccccc1. The number of carbonyl (C=O) groups is 4. The topological polar surface area (TPSA) is 101 Å². The van der Waals surface area contributed by atoms with Gasteiger partial charge in [-0.15, -0.1) is 11.8 Å². The second-order valence-corrected chi connectivity index (χ2v) is 9.31. The minimum atomic E-state index is -1.16. The summed E-state index contributed by atoms with van der Waals surface area (Å²) in [5.74, 6) is -4.27. The molecule has 5 atom stereocenters. The zero-order chi connectivity index (χ0) is 19.9.